The van der Waals surface area contributed by atoms with Crippen LogP contribution in [-0.4, -0.2) is 60.1 Å². The highest BCUT2D eigenvalue weighted by molar-refractivity contribution is 5.25. The fraction of sp³-hybridized carbons (Fsp3) is 0.571. The summed E-state index contributed by atoms with van der Waals surface area (Å²) in [5.41, 5.74) is 1.70. The Balaban J connectivity index is 1.49. The van der Waals surface area contributed by atoms with Gasteiger partial charge in [0.15, 0.2) is 0 Å². The quantitative estimate of drug-likeness (QED) is 0.829. The maximum absolute atomic E-state index is 8.84. The summed E-state index contributed by atoms with van der Waals surface area (Å²) >= 11 is 0. The summed E-state index contributed by atoms with van der Waals surface area (Å²) in [6, 6.07) is 6.70. The number of hydrogen-bond donors (Lipinski definition) is 1. The monoisotopic (exact) mass is 257 g/mol. The molecule has 0 saturated carbocycles. The van der Waals surface area contributed by atoms with Gasteiger partial charge in [0, 0.05) is 58.1 Å². The second-order valence-corrected chi connectivity index (χ2v) is 5.30. The highest BCUT2D eigenvalue weighted by Crippen LogP contribution is 2.18. The number of hydrogen-bond acceptors (Lipinski definition) is 5. The molecule has 0 spiro atoms. The average molecular weight is 257 g/mol. The highest BCUT2D eigenvalue weighted by Gasteiger charge is 2.31. The van der Waals surface area contributed by atoms with Crippen molar-refractivity contribution in [3.63, 3.8) is 0 Å². The molecule has 5 heteroatoms. The lowest BCUT2D eigenvalue weighted by molar-refractivity contribution is 0.0223. The first-order chi connectivity index (χ1) is 9.35. The maximum atomic E-state index is 8.84. The molecule has 5 nitrogen and oxygen atoms in total. The molecule has 100 valence electrons. The van der Waals surface area contributed by atoms with E-state index in [0.717, 1.165) is 38.8 Å². The molecule has 0 radical (unpaired) electrons. The molecule has 1 N–H and O–H groups in total. The van der Waals surface area contributed by atoms with Crippen molar-refractivity contribution in [3.05, 3.63) is 29.6 Å². The van der Waals surface area contributed by atoms with Gasteiger partial charge in [0.25, 0.3) is 0 Å². The largest absolute Gasteiger partial charge is 0.314 e. The molecule has 0 atom stereocenters. The van der Waals surface area contributed by atoms with E-state index in [1.54, 1.807) is 6.20 Å². The molecule has 1 aromatic rings. The predicted molar refractivity (Wildman–Crippen MR) is 72.5 cm³/mol. The lowest BCUT2D eigenvalue weighted by atomic mass is 10.0. The van der Waals surface area contributed by atoms with E-state index in [1.165, 1.54) is 18.7 Å². The molecular weight excluding hydrogens is 238 g/mol. The summed E-state index contributed by atoms with van der Waals surface area (Å²) in [7, 11) is 0. The molecule has 0 unspecified atom stereocenters. The van der Waals surface area contributed by atoms with E-state index >= 15 is 0 Å². The smallest absolute Gasteiger partial charge is 0.140 e. The third-order valence-electron chi connectivity index (χ3n) is 3.95. The van der Waals surface area contributed by atoms with Gasteiger partial charge in [0.2, 0.25) is 0 Å². The fourth-order valence-electron chi connectivity index (χ4n) is 2.84. The third-order valence-corrected chi connectivity index (χ3v) is 3.95. The van der Waals surface area contributed by atoms with E-state index in [0.29, 0.717) is 5.69 Å². The van der Waals surface area contributed by atoms with Gasteiger partial charge in [-0.3, -0.25) is 9.80 Å². The van der Waals surface area contributed by atoms with Crippen LogP contribution in [0.1, 0.15) is 11.3 Å². The van der Waals surface area contributed by atoms with Gasteiger partial charge >= 0.3 is 0 Å². The van der Waals surface area contributed by atoms with Gasteiger partial charge in [-0.05, 0) is 17.7 Å². The molecule has 3 heterocycles. The van der Waals surface area contributed by atoms with Crippen molar-refractivity contribution in [2.75, 3.05) is 39.3 Å². The van der Waals surface area contributed by atoms with Crippen molar-refractivity contribution in [1.82, 2.24) is 20.1 Å². The summed E-state index contributed by atoms with van der Waals surface area (Å²) in [6.45, 7) is 7.80. The van der Waals surface area contributed by atoms with Crippen LogP contribution in [0.25, 0.3) is 0 Å². The minimum Gasteiger partial charge on any atom is -0.314 e. The number of aromatic nitrogens is 1. The molecule has 2 saturated heterocycles. The molecule has 2 aliphatic rings. The molecule has 0 bridgehead atoms. The predicted octanol–water partition coefficient (Wildman–Crippen LogP) is 0.0427. The van der Waals surface area contributed by atoms with Crippen LogP contribution in [0, 0.1) is 11.3 Å². The van der Waals surface area contributed by atoms with Crippen molar-refractivity contribution < 1.29 is 0 Å². The van der Waals surface area contributed by atoms with Crippen molar-refractivity contribution >= 4 is 0 Å². The van der Waals surface area contributed by atoms with Gasteiger partial charge in [-0.25, -0.2) is 4.98 Å². The Labute approximate surface area is 113 Å². The number of nitrogens with one attached hydrogen (secondary N) is 1. The van der Waals surface area contributed by atoms with Gasteiger partial charge in [-0.15, -0.1) is 0 Å². The van der Waals surface area contributed by atoms with Gasteiger partial charge in [-0.2, -0.15) is 5.26 Å². The zero-order valence-electron chi connectivity index (χ0n) is 11.0. The van der Waals surface area contributed by atoms with Crippen LogP contribution < -0.4 is 5.32 Å². The Kier molecular flexibility index (Phi) is 3.74. The number of piperazine rings is 1. The van der Waals surface area contributed by atoms with Crippen LogP contribution in [-0.2, 0) is 6.54 Å². The van der Waals surface area contributed by atoms with Gasteiger partial charge in [0.05, 0.1) is 0 Å². The topological polar surface area (TPSA) is 55.2 Å². The zero-order valence-corrected chi connectivity index (χ0v) is 11.0. The minimum atomic E-state index is 0.511. The van der Waals surface area contributed by atoms with Crippen LogP contribution in [0.5, 0.6) is 0 Å². The Morgan fingerprint density at radius 1 is 1.37 bits per heavy atom. The first-order valence-corrected chi connectivity index (χ1v) is 6.87. The first kappa shape index (κ1) is 12.5. The first-order valence-electron chi connectivity index (χ1n) is 6.87. The summed E-state index contributed by atoms with van der Waals surface area (Å²) in [4.78, 5) is 9.02. The van der Waals surface area contributed by atoms with Crippen molar-refractivity contribution in [2.45, 2.75) is 12.6 Å². The molecule has 19 heavy (non-hydrogen) atoms. The van der Waals surface area contributed by atoms with E-state index in [9.17, 15) is 0 Å². The van der Waals surface area contributed by atoms with E-state index in [1.807, 2.05) is 12.1 Å². The second kappa shape index (κ2) is 5.66. The molecule has 0 amide bonds. The SMILES string of the molecule is N#Cc1cc(CN2CC(N3CCNCC3)C2)ccn1. The van der Waals surface area contributed by atoms with Gasteiger partial charge in [0.1, 0.15) is 11.8 Å². The average Bonchev–Trinajstić information content (AvgIpc) is 2.43. The summed E-state index contributed by atoms with van der Waals surface area (Å²) in [5.74, 6) is 0. The van der Waals surface area contributed by atoms with Gasteiger partial charge in [-0.1, -0.05) is 0 Å². The number of likely N-dealkylation sites (tertiary alicyclic amines) is 1. The Morgan fingerprint density at radius 2 is 2.16 bits per heavy atom. The number of nitriles is 1. The summed E-state index contributed by atoms with van der Waals surface area (Å²) < 4.78 is 0. The van der Waals surface area contributed by atoms with Gasteiger partial charge < -0.3 is 5.32 Å². The van der Waals surface area contributed by atoms with Crippen molar-refractivity contribution in [2.24, 2.45) is 0 Å². The van der Waals surface area contributed by atoms with Crippen LogP contribution >= 0.6 is 0 Å². The standard InChI is InChI=1S/C14H19N5/c15-8-13-7-12(1-2-17-13)9-18-10-14(11-18)19-5-3-16-4-6-19/h1-2,7,14,16H,3-6,9-11H2. The molecule has 3 rings (SSSR count). The summed E-state index contributed by atoms with van der Waals surface area (Å²) in [6.07, 6.45) is 1.72. The van der Waals surface area contributed by atoms with Crippen LogP contribution in [0.3, 0.4) is 0 Å². The number of nitrogens with zero attached hydrogens (tertiary/aromatic N) is 4. The third kappa shape index (κ3) is 2.92. The molecule has 1 aromatic heterocycles. The Hall–Kier alpha value is -1.48. The second-order valence-electron chi connectivity index (χ2n) is 5.30. The van der Waals surface area contributed by atoms with E-state index < -0.39 is 0 Å². The lowest BCUT2D eigenvalue weighted by Crippen LogP contribution is -2.62. The van der Waals surface area contributed by atoms with E-state index in [-0.39, 0.29) is 0 Å². The maximum Gasteiger partial charge on any atom is 0.140 e. The molecule has 2 fully saturated rings. The van der Waals surface area contributed by atoms with Crippen LogP contribution in [0.4, 0.5) is 0 Å². The molecule has 0 aromatic carbocycles. The lowest BCUT2D eigenvalue weighted by Gasteiger charge is -2.46. The Morgan fingerprint density at radius 3 is 2.89 bits per heavy atom. The molecule has 2 aliphatic heterocycles. The van der Waals surface area contributed by atoms with Crippen LogP contribution in [0.15, 0.2) is 18.3 Å². The molecular formula is C14H19N5. The van der Waals surface area contributed by atoms with Crippen LogP contribution in [0.2, 0.25) is 0 Å². The fourth-order valence-corrected chi connectivity index (χ4v) is 2.84. The molecule has 0 aliphatic carbocycles. The number of pyridine rings is 1. The van der Waals surface area contributed by atoms with E-state index in [4.69, 9.17) is 5.26 Å². The van der Waals surface area contributed by atoms with Crippen molar-refractivity contribution in [1.29, 1.82) is 5.26 Å². The Bertz CT molecular complexity index is 469. The summed E-state index contributed by atoms with van der Waals surface area (Å²) in [5, 5.41) is 12.2. The minimum absolute atomic E-state index is 0.511. The normalized spacial score (nSPS) is 21.8. The van der Waals surface area contributed by atoms with Crippen molar-refractivity contribution in [3.8, 4) is 6.07 Å². The van der Waals surface area contributed by atoms with E-state index in [2.05, 4.69) is 26.2 Å². The number of rotatable bonds is 3. The highest BCUT2D eigenvalue weighted by atomic mass is 15.3. The zero-order chi connectivity index (χ0) is 13.1.